The van der Waals surface area contributed by atoms with Gasteiger partial charge in [-0.05, 0) is 122 Å². The largest absolute Gasteiger partial charge is 0.479 e. The molecular formula is C71H110O12. The molecule has 0 saturated carbocycles. The summed E-state index contributed by atoms with van der Waals surface area (Å²) in [5.74, 6) is -3.34. The van der Waals surface area contributed by atoms with Gasteiger partial charge in [-0.15, -0.1) is 0 Å². The molecule has 466 valence electrons. The molecule has 83 heavy (non-hydrogen) atoms. The van der Waals surface area contributed by atoms with E-state index in [-0.39, 0.29) is 25.9 Å². The quantitative estimate of drug-likeness (QED) is 0.0228. The fraction of sp³-hybridized carbons (Fsp3) is 0.606. The van der Waals surface area contributed by atoms with Crippen LogP contribution in [0.4, 0.5) is 0 Å². The van der Waals surface area contributed by atoms with Gasteiger partial charge in [-0.25, -0.2) is 4.79 Å². The summed E-state index contributed by atoms with van der Waals surface area (Å²) in [7, 11) is 0. The van der Waals surface area contributed by atoms with Crippen molar-refractivity contribution in [3.05, 3.63) is 146 Å². The van der Waals surface area contributed by atoms with E-state index in [2.05, 4.69) is 142 Å². The zero-order valence-corrected chi connectivity index (χ0v) is 51.4. The number of aliphatic hydroxyl groups excluding tert-OH is 2. The van der Waals surface area contributed by atoms with Crippen LogP contribution >= 0.6 is 0 Å². The maximum Gasteiger partial charge on any atom is 0.335 e. The van der Waals surface area contributed by atoms with E-state index in [1.54, 1.807) is 12.2 Å². The number of esters is 3. The summed E-state index contributed by atoms with van der Waals surface area (Å²) in [5, 5.41) is 31.5. The van der Waals surface area contributed by atoms with Crippen molar-refractivity contribution >= 4 is 23.9 Å². The monoisotopic (exact) mass is 1150 g/mol. The number of hydrogen-bond acceptors (Lipinski definition) is 11. The van der Waals surface area contributed by atoms with Gasteiger partial charge in [0.1, 0.15) is 18.8 Å². The fourth-order valence-electron chi connectivity index (χ4n) is 8.62. The number of carbonyl (C=O) groups is 4. The van der Waals surface area contributed by atoms with Crippen LogP contribution in [-0.4, -0.2) is 89.2 Å². The number of carbonyl (C=O) groups excluding carboxylic acids is 3. The molecule has 0 radical (unpaired) electrons. The number of aliphatic carboxylic acids is 1. The van der Waals surface area contributed by atoms with Crippen molar-refractivity contribution < 1.29 is 58.2 Å². The first-order valence-electron chi connectivity index (χ1n) is 31.8. The van der Waals surface area contributed by atoms with Crippen molar-refractivity contribution in [2.75, 3.05) is 13.2 Å². The molecule has 3 N–H and O–H groups in total. The third-order valence-electron chi connectivity index (χ3n) is 13.4. The van der Waals surface area contributed by atoms with E-state index in [0.717, 1.165) is 148 Å². The zero-order chi connectivity index (χ0) is 60.3. The highest BCUT2D eigenvalue weighted by atomic mass is 16.7. The van der Waals surface area contributed by atoms with E-state index < -0.39 is 67.3 Å². The predicted molar refractivity (Wildman–Crippen MR) is 339 cm³/mol. The van der Waals surface area contributed by atoms with Crippen LogP contribution < -0.4 is 0 Å². The maximum atomic E-state index is 13.2. The van der Waals surface area contributed by atoms with Crippen LogP contribution in [0.15, 0.2) is 146 Å². The van der Waals surface area contributed by atoms with Crippen LogP contribution in [0.5, 0.6) is 0 Å². The topological polar surface area (TPSA) is 175 Å². The van der Waals surface area contributed by atoms with E-state index in [0.29, 0.717) is 19.3 Å². The molecule has 0 aromatic rings. The molecule has 0 aromatic carbocycles. The number of unbranched alkanes of at least 4 members (excludes halogenated alkanes) is 15. The van der Waals surface area contributed by atoms with E-state index in [1.807, 2.05) is 12.2 Å². The van der Waals surface area contributed by atoms with Crippen molar-refractivity contribution in [2.24, 2.45) is 0 Å². The summed E-state index contributed by atoms with van der Waals surface area (Å²) in [5.41, 5.74) is 0. The molecule has 0 bridgehead atoms. The summed E-state index contributed by atoms with van der Waals surface area (Å²) >= 11 is 0. The van der Waals surface area contributed by atoms with Gasteiger partial charge in [0.2, 0.25) is 0 Å². The van der Waals surface area contributed by atoms with E-state index in [1.165, 1.54) is 19.3 Å². The van der Waals surface area contributed by atoms with Crippen molar-refractivity contribution in [3.8, 4) is 0 Å². The zero-order valence-electron chi connectivity index (χ0n) is 51.4. The lowest BCUT2D eigenvalue weighted by atomic mass is 9.98. The molecule has 6 atom stereocenters. The van der Waals surface area contributed by atoms with Gasteiger partial charge >= 0.3 is 23.9 Å². The maximum absolute atomic E-state index is 13.2. The highest BCUT2D eigenvalue weighted by molar-refractivity contribution is 5.74. The molecule has 6 unspecified atom stereocenters. The third-order valence-corrected chi connectivity index (χ3v) is 13.4. The number of carboxylic acid groups (broad SMARTS) is 1. The van der Waals surface area contributed by atoms with Crippen LogP contribution in [-0.2, 0) is 42.9 Å². The minimum atomic E-state index is -1.95. The Morgan fingerprint density at radius 1 is 0.422 bits per heavy atom. The van der Waals surface area contributed by atoms with Crippen molar-refractivity contribution in [1.29, 1.82) is 0 Å². The summed E-state index contributed by atoms with van der Waals surface area (Å²) in [6.45, 7) is 5.67. The second-order valence-electron chi connectivity index (χ2n) is 20.9. The van der Waals surface area contributed by atoms with Crippen molar-refractivity contribution in [2.45, 2.75) is 263 Å². The summed E-state index contributed by atoms with van der Waals surface area (Å²) in [6.07, 6.45) is 69.7. The van der Waals surface area contributed by atoms with Gasteiger partial charge in [-0.3, -0.25) is 14.4 Å². The Morgan fingerprint density at radius 2 is 0.795 bits per heavy atom. The number of carboxylic acids is 1. The molecule has 12 nitrogen and oxygen atoms in total. The van der Waals surface area contributed by atoms with E-state index in [4.69, 9.17) is 23.7 Å². The Morgan fingerprint density at radius 3 is 1.22 bits per heavy atom. The van der Waals surface area contributed by atoms with Crippen LogP contribution in [0.3, 0.4) is 0 Å². The first kappa shape index (κ1) is 75.6. The predicted octanol–water partition coefficient (Wildman–Crippen LogP) is 17.1. The molecule has 1 aliphatic rings. The number of aliphatic hydroxyl groups is 2. The Hall–Kier alpha value is -5.40. The van der Waals surface area contributed by atoms with Gasteiger partial charge in [0.25, 0.3) is 0 Å². The number of ether oxygens (including phenoxy) is 5. The SMILES string of the molecule is CC/C=C\C/C=C\C/C=C\C/C=C\C/C=C\CC(=O)OC1C(OCC(COC(=O)CCCCCCCC/C=C\C/C=C\C/C=C\C/C=C\CC)OC(=O)CCCCCCCC/C=C\C/C=C\C/C=C\CCCCC)OC(C(=O)O)C(O)C1O. The highest BCUT2D eigenvalue weighted by Gasteiger charge is 2.50. The molecule has 12 heteroatoms. The van der Waals surface area contributed by atoms with E-state index in [9.17, 15) is 34.5 Å². The number of rotatable bonds is 52. The average Bonchev–Trinajstić information content (AvgIpc) is 3.57. The summed E-state index contributed by atoms with van der Waals surface area (Å²) in [4.78, 5) is 51.3. The molecule has 1 fully saturated rings. The van der Waals surface area contributed by atoms with Gasteiger partial charge in [-0.1, -0.05) is 231 Å². The Balaban J connectivity index is 2.74. The summed E-state index contributed by atoms with van der Waals surface area (Å²) in [6, 6.07) is 0. The van der Waals surface area contributed by atoms with Crippen LogP contribution in [0, 0.1) is 0 Å². The number of hydrogen-bond donors (Lipinski definition) is 3. The van der Waals surface area contributed by atoms with Crippen LogP contribution in [0.2, 0.25) is 0 Å². The Bertz CT molecular complexity index is 2000. The molecule has 0 amide bonds. The second-order valence-corrected chi connectivity index (χ2v) is 20.9. The average molecular weight is 1160 g/mol. The lowest BCUT2D eigenvalue weighted by Crippen LogP contribution is -2.61. The van der Waals surface area contributed by atoms with Crippen molar-refractivity contribution in [1.82, 2.24) is 0 Å². The second kappa shape index (κ2) is 57.1. The molecule has 1 saturated heterocycles. The summed E-state index contributed by atoms with van der Waals surface area (Å²) < 4.78 is 28.4. The molecule has 1 heterocycles. The third kappa shape index (κ3) is 46.6. The molecule has 0 spiro atoms. The van der Waals surface area contributed by atoms with Gasteiger partial charge in [0, 0.05) is 12.8 Å². The minimum absolute atomic E-state index is 0.126. The molecule has 1 aliphatic heterocycles. The standard InChI is InChI=1S/C71H110O12/c1-4-7-10-13-16-19-22-25-28-30-32-34-37-39-42-45-48-51-54-57-63(72)79-60-62(81-64(73)58-55-52-49-46-43-41-38-35-33-31-29-26-23-20-17-14-11-8-5-2)61-80-71-69(67(76)66(75)68(83-71)70(77)78)82-65(74)59-56-53-50-47-44-40-36-27-24-21-18-15-12-9-6-3/h7,9-10,12,16-21,25-29,32-36,44,47,53,56,62,66-69,71,75-76H,4-6,8,11,13-15,22-24,30-31,37-43,45-46,48-52,54-55,57-61H2,1-3H3,(H,77,78)/b10-7-,12-9-,19-16-,20-17-,21-18-,28-25-,29-26-,34-32-,35-33-,36-27-,47-44-,56-53-. The van der Waals surface area contributed by atoms with Gasteiger partial charge < -0.3 is 39.0 Å². The first-order valence-corrected chi connectivity index (χ1v) is 31.8. The molecule has 0 aliphatic carbocycles. The Labute approximate surface area is 502 Å². The molecule has 0 aromatic heterocycles. The van der Waals surface area contributed by atoms with Gasteiger partial charge in [0.15, 0.2) is 24.6 Å². The van der Waals surface area contributed by atoms with Crippen LogP contribution in [0.1, 0.15) is 226 Å². The van der Waals surface area contributed by atoms with Crippen molar-refractivity contribution in [3.63, 3.8) is 0 Å². The lowest BCUT2D eigenvalue weighted by Gasteiger charge is -2.40. The van der Waals surface area contributed by atoms with Crippen LogP contribution in [0.25, 0.3) is 0 Å². The number of allylic oxidation sites excluding steroid dienone is 23. The van der Waals surface area contributed by atoms with Gasteiger partial charge in [-0.2, -0.15) is 0 Å². The first-order chi connectivity index (χ1) is 40.6. The minimum Gasteiger partial charge on any atom is -0.479 e. The fourth-order valence-corrected chi connectivity index (χ4v) is 8.62. The highest BCUT2D eigenvalue weighted by Crippen LogP contribution is 2.26. The molecular weight excluding hydrogens is 1040 g/mol. The smallest absolute Gasteiger partial charge is 0.335 e. The normalized spacial score (nSPS) is 18.6. The van der Waals surface area contributed by atoms with Gasteiger partial charge in [0.05, 0.1) is 13.0 Å². The van der Waals surface area contributed by atoms with E-state index >= 15 is 0 Å². The lowest BCUT2D eigenvalue weighted by molar-refractivity contribution is -0.301. The molecule has 1 rings (SSSR count). The Kier molecular flexibility index (Phi) is 52.0.